The van der Waals surface area contributed by atoms with Gasteiger partial charge in [0, 0.05) is 36.5 Å². The Labute approximate surface area is 197 Å². The van der Waals surface area contributed by atoms with E-state index in [1.54, 1.807) is 0 Å². The molecule has 0 atom stereocenters. The number of halogens is 1. The molecule has 7 nitrogen and oxygen atoms in total. The molecule has 1 aliphatic carbocycles. The van der Waals surface area contributed by atoms with Gasteiger partial charge in [0.25, 0.3) is 0 Å². The Morgan fingerprint density at radius 3 is 2.50 bits per heavy atom. The summed E-state index contributed by atoms with van der Waals surface area (Å²) in [5.41, 5.74) is 1.72. The quantitative estimate of drug-likeness (QED) is 0.434. The third-order valence-electron chi connectivity index (χ3n) is 5.86. The molecule has 0 saturated heterocycles. The number of amides is 2. The standard InChI is InChI=1S/C24H29BrN6O/c1-31(2)22-18-7-3-5-9-20(18)28-23(30-22)27-17-13-11-16(12-14-17)15-26-24(32)29-21-10-6-4-8-19(21)25/h3-10,16-17H,11-15H2,1-2H3,(H2,26,29,32)(H,27,28,30)/t16-,17+. The van der Waals surface area contributed by atoms with Crippen molar-refractivity contribution < 1.29 is 4.79 Å². The zero-order valence-electron chi connectivity index (χ0n) is 18.4. The van der Waals surface area contributed by atoms with Gasteiger partial charge in [0.1, 0.15) is 5.82 Å². The predicted octanol–water partition coefficient (Wildman–Crippen LogP) is 5.25. The summed E-state index contributed by atoms with van der Waals surface area (Å²) in [6.07, 6.45) is 4.18. The summed E-state index contributed by atoms with van der Waals surface area (Å²) in [6.45, 7) is 0.681. The van der Waals surface area contributed by atoms with Crippen LogP contribution in [0.3, 0.4) is 0 Å². The number of hydrogen-bond donors (Lipinski definition) is 3. The van der Waals surface area contributed by atoms with Crippen molar-refractivity contribution in [3.8, 4) is 0 Å². The normalized spacial score (nSPS) is 18.2. The third-order valence-corrected chi connectivity index (χ3v) is 6.55. The number of aromatic nitrogens is 2. The lowest BCUT2D eigenvalue weighted by Crippen LogP contribution is -2.36. The number of benzene rings is 2. The van der Waals surface area contributed by atoms with Crippen LogP contribution in [0, 0.1) is 5.92 Å². The van der Waals surface area contributed by atoms with Crippen LogP contribution in [0.15, 0.2) is 53.0 Å². The van der Waals surface area contributed by atoms with E-state index in [-0.39, 0.29) is 6.03 Å². The molecule has 3 aromatic rings. The number of carbonyl (C=O) groups is 1. The highest BCUT2D eigenvalue weighted by Gasteiger charge is 2.23. The summed E-state index contributed by atoms with van der Waals surface area (Å²) in [4.78, 5) is 23.7. The largest absolute Gasteiger partial charge is 0.362 e. The van der Waals surface area contributed by atoms with Crippen LogP contribution >= 0.6 is 15.9 Å². The zero-order chi connectivity index (χ0) is 22.5. The minimum Gasteiger partial charge on any atom is -0.362 e. The van der Waals surface area contributed by atoms with E-state index in [0.29, 0.717) is 24.5 Å². The van der Waals surface area contributed by atoms with Gasteiger partial charge in [-0.15, -0.1) is 0 Å². The molecule has 1 heterocycles. The van der Waals surface area contributed by atoms with E-state index in [0.717, 1.165) is 52.6 Å². The average molecular weight is 497 g/mol. The number of urea groups is 1. The molecule has 1 aliphatic rings. The summed E-state index contributed by atoms with van der Waals surface area (Å²) in [5.74, 6) is 2.08. The van der Waals surface area contributed by atoms with Gasteiger partial charge >= 0.3 is 6.03 Å². The molecule has 168 valence electrons. The first-order valence-electron chi connectivity index (χ1n) is 11.0. The van der Waals surface area contributed by atoms with E-state index in [1.807, 2.05) is 61.5 Å². The van der Waals surface area contributed by atoms with Crippen molar-refractivity contribution in [3.05, 3.63) is 53.0 Å². The predicted molar refractivity (Wildman–Crippen MR) is 134 cm³/mol. The summed E-state index contributed by atoms with van der Waals surface area (Å²) >= 11 is 3.45. The fourth-order valence-electron chi connectivity index (χ4n) is 4.12. The topological polar surface area (TPSA) is 82.2 Å². The molecule has 0 radical (unpaired) electrons. The second kappa shape index (κ2) is 10.2. The lowest BCUT2D eigenvalue weighted by molar-refractivity contribution is 0.246. The zero-order valence-corrected chi connectivity index (χ0v) is 20.0. The van der Waals surface area contributed by atoms with E-state index in [9.17, 15) is 4.79 Å². The van der Waals surface area contributed by atoms with Gasteiger partial charge in [-0.25, -0.2) is 9.78 Å². The SMILES string of the molecule is CN(C)c1nc(N[C@H]2CC[C@@H](CNC(=O)Nc3ccccc3Br)CC2)nc2ccccc12. The maximum Gasteiger partial charge on any atom is 0.319 e. The Bertz CT molecular complexity index is 1080. The van der Waals surface area contributed by atoms with Gasteiger partial charge < -0.3 is 20.9 Å². The van der Waals surface area contributed by atoms with Crippen molar-refractivity contribution >= 4 is 50.3 Å². The van der Waals surface area contributed by atoms with Crippen LogP contribution in [0.4, 0.5) is 22.2 Å². The highest BCUT2D eigenvalue weighted by atomic mass is 79.9. The van der Waals surface area contributed by atoms with Crippen LogP contribution < -0.4 is 20.9 Å². The van der Waals surface area contributed by atoms with Crippen LogP contribution in [0.5, 0.6) is 0 Å². The van der Waals surface area contributed by atoms with Crippen LogP contribution in [0.2, 0.25) is 0 Å². The molecule has 4 rings (SSSR count). The molecular formula is C24H29BrN6O. The van der Waals surface area contributed by atoms with E-state index in [2.05, 4.69) is 37.9 Å². The summed E-state index contributed by atoms with van der Waals surface area (Å²) in [7, 11) is 4.01. The second-order valence-corrected chi connectivity index (χ2v) is 9.31. The monoisotopic (exact) mass is 496 g/mol. The molecule has 0 unspecified atom stereocenters. The van der Waals surface area contributed by atoms with Crippen LogP contribution in [0.25, 0.3) is 10.9 Å². The van der Waals surface area contributed by atoms with E-state index < -0.39 is 0 Å². The Hall–Kier alpha value is -2.87. The molecule has 2 aromatic carbocycles. The van der Waals surface area contributed by atoms with Gasteiger partial charge in [-0.1, -0.05) is 24.3 Å². The molecule has 1 aromatic heterocycles. The van der Waals surface area contributed by atoms with Gasteiger partial charge in [-0.3, -0.25) is 0 Å². The highest BCUT2D eigenvalue weighted by Crippen LogP contribution is 2.28. The van der Waals surface area contributed by atoms with Gasteiger partial charge in [0.15, 0.2) is 0 Å². The van der Waals surface area contributed by atoms with Crippen LogP contribution in [-0.4, -0.2) is 42.7 Å². The second-order valence-electron chi connectivity index (χ2n) is 8.46. The van der Waals surface area contributed by atoms with Crippen LogP contribution in [0.1, 0.15) is 25.7 Å². The Balaban J connectivity index is 1.28. The number of hydrogen-bond acceptors (Lipinski definition) is 5. The molecule has 3 N–H and O–H groups in total. The molecule has 0 spiro atoms. The van der Waals surface area contributed by atoms with Gasteiger partial charge in [0.05, 0.1) is 11.2 Å². The molecule has 2 amide bonds. The summed E-state index contributed by atoms with van der Waals surface area (Å²) in [5, 5.41) is 10.5. The number of rotatable bonds is 6. The smallest absolute Gasteiger partial charge is 0.319 e. The fourth-order valence-corrected chi connectivity index (χ4v) is 4.51. The molecule has 1 saturated carbocycles. The first-order chi connectivity index (χ1) is 15.5. The van der Waals surface area contributed by atoms with Crippen molar-refractivity contribution in [1.82, 2.24) is 15.3 Å². The number of nitrogens with one attached hydrogen (secondary N) is 3. The van der Waals surface area contributed by atoms with E-state index >= 15 is 0 Å². The lowest BCUT2D eigenvalue weighted by atomic mass is 9.86. The Morgan fingerprint density at radius 2 is 1.75 bits per heavy atom. The van der Waals surface area contributed by atoms with Crippen molar-refractivity contribution in [3.63, 3.8) is 0 Å². The number of carbonyl (C=O) groups excluding carboxylic acids is 1. The first kappa shape index (κ1) is 22.3. The first-order valence-corrected chi connectivity index (χ1v) is 11.8. The van der Waals surface area contributed by atoms with E-state index in [4.69, 9.17) is 9.97 Å². The van der Waals surface area contributed by atoms with Crippen molar-refractivity contribution in [2.75, 3.05) is 36.2 Å². The average Bonchev–Trinajstić information content (AvgIpc) is 2.79. The van der Waals surface area contributed by atoms with Gasteiger partial charge in [-0.05, 0) is 71.8 Å². The lowest BCUT2D eigenvalue weighted by Gasteiger charge is -2.29. The summed E-state index contributed by atoms with van der Waals surface area (Å²) in [6, 6.07) is 15.9. The summed E-state index contributed by atoms with van der Waals surface area (Å²) < 4.78 is 0.870. The Kier molecular flexibility index (Phi) is 7.09. The Morgan fingerprint density at radius 1 is 1.03 bits per heavy atom. The fraction of sp³-hybridized carbons (Fsp3) is 0.375. The van der Waals surface area contributed by atoms with Gasteiger partial charge in [0.2, 0.25) is 5.95 Å². The molecule has 0 bridgehead atoms. The van der Waals surface area contributed by atoms with E-state index in [1.165, 1.54) is 0 Å². The van der Waals surface area contributed by atoms with Crippen molar-refractivity contribution in [2.24, 2.45) is 5.92 Å². The number of anilines is 3. The van der Waals surface area contributed by atoms with Gasteiger partial charge in [-0.2, -0.15) is 4.98 Å². The third kappa shape index (κ3) is 5.48. The highest BCUT2D eigenvalue weighted by molar-refractivity contribution is 9.10. The number of para-hydroxylation sites is 2. The molecule has 32 heavy (non-hydrogen) atoms. The van der Waals surface area contributed by atoms with Crippen molar-refractivity contribution in [1.29, 1.82) is 0 Å². The maximum atomic E-state index is 12.2. The maximum absolute atomic E-state index is 12.2. The molecular weight excluding hydrogens is 468 g/mol. The van der Waals surface area contributed by atoms with Crippen molar-refractivity contribution in [2.45, 2.75) is 31.7 Å². The van der Waals surface area contributed by atoms with Crippen LogP contribution in [-0.2, 0) is 0 Å². The molecule has 0 aliphatic heterocycles. The minimum absolute atomic E-state index is 0.169. The number of nitrogens with zero attached hydrogens (tertiary/aromatic N) is 3. The minimum atomic E-state index is -0.169. The molecule has 8 heteroatoms. The molecule has 1 fully saturated rings. The number of fused-ring (bicyclic) bond motifs is 1.